The maximum absolute atomic E-state index is 12.5. The number of amides is 1. The summed E-state index contributed by atoms with van der Waals surface area (Å²) in [6, 6.07) is 9.32. The molecule has 1 fully saturated rings. The highest BCUT2D eigenvalue weighted by molar-refractivity contribution is 6.00. The highest BCUT2D eigenvalue weighted by Crippen LogP contribution is 2.26. The van der Waals surface area contributed by atoms with E-state index >= 15 is 0 Å². The smallest absolute Gasteiger partial charge is 0.270 e. The van der Waals surface area contributed by atoms with Crippen molar-refractivity contribution in [3.05, 3.63) is 58.4 Å². The zero-order valence-electron chi connectivity index (χ0n) is 20.1. The minimum Gasteiger partial charge on any atom is -0.493 e. The third-order valence-electron chi connectivity index (χ3n) is 5.94. The molecule has 2 aromatic rings. The summed E-state index contributed by atoms with van der Waals surface area (Å²) in [4.78, 5) is 16.8. The minimum absolute atomic E-state index is 0.213. The lowest BCUT2D eigenvalue weighted by Crippen LogP contribution is -2.27. The van der Waals surface area contributed by atoms with Crippen LogP contribution in [-0.4, -0.2) is 47.2 Å². The molecule has 0 spiro atoms. The molecule has 6 N–H and O–H groups in total. The Labute approximate surface area is 201 Å². The SMILES string of the molecule is Cc1cc(/C(N)=N/N(C)N)cc(C(=O)NCc2ccc3c(c2)OCC3)n1.OCC1CCCCC1. The quantitative estimate of drug-likeness (QED) is 0.221. The Morgan fingerprint density at radius 1 is 1.26 bits per heavy atom. The number of fused-ring (bicyclic) bond motifs is 1. The van der Waals surface area contributed by atoms with Gasteiger partial charge in [-0.05, 0) is 55.0 Å². The van der Waals surface area contributed by atoms with E-state index in [-0.39, 0.29) is 17.4 Å². The third-order valence-corrected chi connectivity index (χ3v) is 5.94. The summed E-state index contributed by atoms with van der Waals surface area (Å²) in [6.07, 6.45) is 7.51. The van der Waals surface area contributed by atoms with Gasteiger partial charge in [-0.15, -0.1) is 5.10 Å². The number of pyridine rings is 1. The van der Waals surface area contributed by atoms with Gasteiger partial charge in [-0.25, -0.2) is 15.9 Å². The van der Waals surface area contributed by atoms with E-state index in [1.54, 1.807) is 26.1 Å². The van der Waals surface area contributed by atoms with E-state index in [0.29, 0.717) is 36.9 Å². The van der Waals surface area contributed by atoms with Gasteiger partial charge in [0.25, 0.3) is 5.91 Å². The van der Waals surface area contributed by atoms with E-state index in [1.807, 2.05) is 18.2 Å². The summed E-state index contributed by atoms with van der Waals surface area (Å²) in [7, 11) is 1.56. The van der Waals surface area contributed by atoms with Gasteiger partial charge in [-0.3, -0.25) is 4.79 Å². The van der Waals surface area contributed by atoms with E-state index in [1.165, 1.54) is 37.7 Å². The molecule has 1 saturated carbocycles. The monoisotopic (exact) mass is 468 g/mol. The van der Waals surface area contributed by atoms with Crippen LogP contribution in [0.1, 0.15) is 65.0 Å². The molecule has 1 aromatic heterocycles. The van der Waals surface area contributed by atoms with Crippen LogP contribution in [0.4, 0.5) is 0 Å². The van der Waals surface area contributed by atoms with Crippen molar-refractivity contribution in [3.63, 3.8) is 0 Å². The Kier molecular flexibility index (Phi) is 9.24. The zero-order valence-corrected chi connectivity index (χ0v) is 20.1. The molecular weight excluding hydrogens is 432 g/mol. The summed E-state index contributed by atoms with van der Waals surface area (Å²) in [6.45, 7) is 3.30. The number of rotatable bonds is 6. The van der Waals surface area contributed by atoms with Gasteiger partial charge in [0.15, 0.2) is 5.84 Å². The molecule has 0 radical (unpaired) electrons. The normalized spacial score (nSPS) is 15.6. The number of aromatic nitrogens is 1. The summed E-state index contributed by atoms with van der Waals surface area (Å²) >= 11 is 0. The first-order valence-corrected chi connectivity index (χ1v) is 11.8. The average Bonchev–Trinajstić information content (AvgIpc) is 3.30. The molecule has 0 saturated heterocycles. The number of hydrazine groups is 1. The Balaban J connectivity index is 0.000000343. The largest absolute Gasteiger partial charge is 0.493 e. The van der Waals surface area contributed by atoms with E-state index in [0.717, 1.165) is 22.9 Å². The minimum atomic E-state index is -0.287. The molecule has 0 atom stereocenters. The second-order valence-electron chi connectivity index (χ2n) is 8.85. The van der Waals surface area contributed by atoms with Crippen LogP contribution in [-0.2, 0) is 13.0 Å². The van der Waals surface area contributed by atoms with Crippen molar-refractivity contribution in [1.82, 2.24) is 15.4 Å². The van der Waals surface area contributed by atoms with Gasteiger partial charge in [-0.2, -0.15) is 0 Å². The lowest BCUT2D eigenvalue weighted by Gasteiger charge is -2.18. The topological polar surface area (TPSA) is 139 Å². The van der Waals surface area contributed by atoms with Crippen LogP contribution >= 0.6 is 0 Å². The van der Waals surface area contributed by atoms with Crippen LogP contribution in [0.2, 0.25) is 0 Å². The third kappa shape index (κ3) is 7.43. The first kappa shape index (κ1) is 25.5. The lowest BCUT2D eigenvalue weighted by atomic mass is 9.90. The number of hydrazone groups is 1. The van der Waals surface area contributed by atoms with Gasteiger partial charge in [0.2, 0.25) is 0 Å². The molecule has 2 aliphatic rings. The van der Waals surface area contributed by atoms with Crippen molar-refractivity contribution < 1.29 is 14.6 Å². The van der Waals surface area contributed by atoms with E-state index in [9.17, 15) is 4.79 Å². The fourth-order valence-corrected chi connectivity index (χ4v) is 4.12. The van der Waals surface area contributed by atoms with Crippen LogP contribution in [0.15, 0.2) is 35.4 Å². The Morgan fingerprint density at radius 3 is 2.71 bits per heavy atom. The predicted molar refractivity (Wildman–Crippen MR) is 132 cm³/mol. The van der Waals surface area contributed by atoms with Gasteiger partial charge in [0.1, 0.15) is 11.4 Å². The number of ether oxygens (including phenoxy) is 1. The molecule has 1 amide bonds. The first-order valence-electron chi connectivity index (χ1n) is 11.8. The molecule has 4 rings (SSSR count). The van der Waals surface area contributed by atoms with Crippen molar-refractivity contribution in [2.24, 2.45) is 22.6 Å². The Morgan fingerprint density at radius 2 is 2.03 bits per heavy atom. The van der Waals surface area contributed by atoms with E-state index < -0.39 is 0 Å². The molecular formula is C25H36N6O3. The van der Waals surface area contributed by atoms with Crippen LogP contribution in [0, 0.1) is 12.8 Å². The molecule has 9 nitrogen and oxygen atoms in total. The zero-order chi connectivity index (χ0) is 24.5. The molecule has 0 bridgehead atoms. The summed E-state index contributed by atoms with van der Waals surface area (Å²) in [5.74, 6) is 6.94. The van der Waals surface area contributed by atoms with Crippen molar-refractivity contribution >= 4 is 11.7 Å². The number of carbonyl (C=O) groups excluding carboxylic acids is 1. The van der Waals surface area contributed by atoms with Crippen LogP contribution in [0.5, 0.6) is 5.75 Å². The Hall–Kier alpha value is -3.17. The molecule has 0 unspecified atom stereocenters. The number of aliphatic hydroxyl groups is 1. The number of hydrogen-bond donors (Lipinski definition) is 4. The first-order chi connectivity index (χ1) is 16.4. The number of hydrogen-bond acceptors (Lipinski definition) is 7. The highest BCUT2D eigenvalue weighted by Gasteiger charge is 2.14. The average molecular weight is 469 g/mol. The number of nitrogens with two attached hydrogens (primary N) is 2. The summed E-state index contributed by atoms with van der Waals surface area (Å²) < 4.78 is 5.55. The van der Waals surface area contributed by atoms with Gasteiger partial charge in [0, 0.05) is 37.9 Å². The second-order valence-corrected chi connectivity index (χ2v) is 8.85. The summed E-state index contributed by atoms with van der Waals surface area (Å²) in [5.41, 5.74) is 9.60. The van der Waals surface area contributed by atoms with Gasteiger partial charge >= 0.3 is 0 Å². The molecule has 2 heterocycles. The summed E-state index contributed by atoms with van der Waals surface area (Å²) in [5, 5.41) is 16.6. The van der Waals surface area contributed by atoms with E-state index in [2.05, 4.69) is 15.4 Å². The van der Waals surface area contributed by atoms with Crippen LogP contribution < -0.4 is 21.6 Å². The van der Waals surface area contributed by atoms with Gasteiger partial charge < -0.3 is 20.9 Å². The molecule has 184 valence electrons. The number of nitrogens with one attached hydrogen (secondary N) is 1. The fraction of sp³-hybridized carbons (Fsp3) is 0.480. The highest BCUT2D eigenvalue weighted by atomic mass is 16.5. The second kappa shape index (κ2) is 12.3. The molecule has 1 aromatic carbocycles. The number of benzene rings is 1. The fourth-order valence-electron chi connectivity index (χ4n) is 4.12. The van der Waals surface area contributed by atoms with Crippen molar-refractivity contribution in [3.8, 4) is 5.75 Å². The number of aliphatic hydroxyl groups excluding tert-OH is 1. The Bertz CT molecular complexity index is 1000. The number of nitrogens with zero attached hydrogens (tertiary/aromatic N) is 3. The molecule has 1 aliphatic heterocycles. The standard InChI is InChI=1S/C18H22N6O2.C7H14O/c1-11-7-14(17(19)23-24(2)20)9-15(22-11)18(25)21-10-12-3-4-13-5-6-26-16(13)8-12;8-6-7-4-2-1-3-5-7/h3-4,7-9H,5-6,10,20H2,1-2H3,(H2,19,23)(H,21,25);7-8H,1-6H2. The maximum atomic E-state index is 12.5. The van der Waals surface area contributed by atoms with E-state index in [4.69, 9.17) is 21.4 Å². The van der Waals surface area contributed by atoms with Crippen LogP contribution in [0.25, 0.3) is 0 Å². The van der Waals surface area contributed by atoms with Crippen molar-refractivity contribution in [2.75, 3.05) is 20.3 Å². The number of aryl methyl sites for hydroxylation is 1. The van der Waals surface area contributed by atoms with Crippen molar-refractivity contribution in [2.45, 2.75) is 52.0 Å². The van der Waals surface area contributed by atoms with Crippen LogP contribution in [0.3, 0.4) is 0 Å². The molecule has 1 aliphatic carbocycles. The lowest BCUT2D eigenvalue weighted by molar-refractivity contribution is 0.0945. The van der Waals surface area contributed by atoms with Gasteiger partial charge in [-0.1, -0.05) is 31.4 Å². The maximum Gasteiger partial charge on any atom is 0.270 e. The predicted octanol–water partition coefficient (Wildman–Crippen LogP) is 2.24. The van der Waals surface area contributed by atoms with Gasteiger partial charge in [0.05, 0.1) is 6.61 Å². The molecule has 34 heavy (non-hydrogen) atoms. The van der Waals surface area contributed by atoms with Crippen molar-refractivity contribution in [1.29, 1.82) is 0 Å². The molecule has 9 heteroatoms. The number of amidine groups is 1. The number of carbonyl (C=O) groups is 1.